The zero-order chi connectivity index (χ0) is 15.1. The molecule has 0 spiro atoms. The summed E-state index contributed by atoms with van der Waals surface area (Å²) in [5.41, 5.74) is -0.220. The first-order valence-electron chi connectivity index (χ1n) is 5.31. The van der Waals surface area contributed by atoms with E-state index in [1.54, 1.807) is 0 Å². The van der Waals surface area contributed by atoms with Crippen molar-refractivity contribution < 1.29 is 26.3 Å². The molecule has 4 nitrogen and oxygen atoms in total. The van der Waals surface area contributed by atoms with E-state index in [0.29, 0.717) is 0 Å². The summed E-state index contributed by atoms with van der Waals surface area (Å²) in [4.78, 5) is 9.10. The van der Waals surface area contributed by atoms with Gasteiger partial charge in [-0.05, 0) is 12.1 Å². The van der Waals surface area contributed by atoms with Crippen LogP contribution in [0.4, 0.5) is 32.2 Å². The fourth-order valence-electron chi connectivity index (χ4n) is 1.68. The summed E-state index contributed by atoms with van der Waals surface area (Å²) in [6.07, 6.45) is -11.0. The molecular weight excluding hydrogens is 290 g/mol. The van der Waals surface area contributed by atoms with Gasteiger partial charge in [0, 0.05) is 7.05 Å². The maximum atomic E-state index is 12.6. The third kappa shape index (κ3) is 2.63. The Balaban J connectivity index is 2.55. The highest BCUT2D eigenvalue weighted by Crippen LogP contribution is 2.45. The Morgan fingerprint density at radius 3 is 2.15 bits per heavy atom. The summed E-state index contributed by atoms with van der Waals surface area (Å²) in [7, 11) is 1.51. The Kier molecular flexibility index (Phi) is 3.26. The number of rotatable bonds is 2. The number of pyridine rings is 1. The van der Waals surface area contributed by atoms with Gasteiger partial charge < -0.3 is 10.3 Å². The second kappa shape index (κ2) is 4.53. The molecule has 2 aromatic rings. The van der Waals surface area contributed by atoms with Crippen LogP contribution in [0.5, 0.6) is 0 Å². The Labute approximate surface area is 108 Å². The van der Waals surface area contributed by atoms with Crippen LogP contribution in [0.2, 0.25) is 0 Å². The molecule has 0 fully saturated rings. The van der Waals surface area contributed by atoms with Crippen LogP contribution in [0.1, 0.15) is 11.7 Å². The van der Waals surface area contributed by atoms with Gasteiger partial charge >= 0.3 is 12.4 Å². The van der Waals surface area contributed by atoms with Gasteiger partial charge in [0.2, 0.25) is 5.92 Å². The van der Waals surface area contributed by atoms with Crippen molar-refractivity contribution in [2.24, 2.45) is 0 Å². The van der Waals surface area contributed by atoms with Crippen LogP contribution in [0.15, 0.2) is 12.1 Å². The SMILES string of the molecule is CNc1ccc2[nH]c(C(C(F)(F)F)C(F)(F)F)nc2n1. The zero-order valence-corrected chi connectivity index (χ0v) is 9.89. The van der Waals surface area contributed by atoms with Gasteiger partial charge in [-0.3, -0.25) is 0 Å². The predicted molar refractivity (Wildman–Crippen MR) is 58.3 cm³/mol. The van der Waals surface area contributed by atoms with E-state index in [1.165, 1.54) is 19.2 Å². The molecule has 110 valence electrons. The lowest BCUT2D eigenvalue weighted by atomic mass is 10.1. The average molecular weight is 298 g/mol. The molecule has 20 heavy (non-hydrogen) atoms. The number of nitrogens with zero attached hydrogens (tertiary/aromatic N) is 2. The third-order valence-corrected chi connectivity index (χ3v) is 2.55. The maximum absolute atomic E-state index is 12.6. The topological polar surface area (TPSA) is 53.6 Å². The fraction of sp³-hybridized carbons (Fsp3) is 0.400. The van der Waals surface area contributed by atoms with Crippen molar-refractivity contribution in [2.45, 2.75) is 18.3 Å². The molecule has 10 heteroatoms. The molecule has 0 aliphatic rings. The van der Waals surface area contributed by atoms with Crippen molar-refractivity contribution in [1.29, 1.82) is 0 Å². The first-order chi connectivity index (χ1) is 9.13. The summed E-state index contributed by atoms with van der Waals surface area (Å²) < 4.78 is 75.4. The van der Waals surface area contributed by atoms with Gasteiger partial charge in [0.05, 0.1) is 5.52 Å². The second-order valence-electron chi connectivity index (χ2n) is 3.96. The quantitative estimate of drug-likeness (QED) is 0.837. The second-order valence-corrected chi connectivity index (χ2v) is 3.96. The number of fused-ring (bicyclic) bond motifs is 1. The highest BCUT2D eigenvalue weighted by Gasteiger charge is 2.59. The van der Waals surface area contributed by atoms with Crippen molar-refractivity contribution in [3.05, 3.63) is 18.0 Å². The smallest absolute Gasteiger partial charge is 0.373 e. The van der Waals surface area contributed by atoms with Crippen LogP contribution in [-0.2, 0) is 0 Å². The van der Waals surface area contributed by atoms with E-state index in [9.17, 15) is 26.3 Å². The van der Waals surface area contributed by atoms with Crippen LogP contribution in [0.25, 0.3) is 11.2 Å². The first kappa shape index (κ1) is 14.4. The number of nitrogens with one attached hydrogen (secondary N) is 2. The monoisotopic (exact) mass is 298 g/mol. The first-order valence-corrected chi connectivity index (χ1v) is 5.31. The molecule has 0 bridgehead atoms. The van der Waals surface area contributed by atoms with Gasteiger partial charge in [-0.25, -0.2) is 9.97 Å². The Morgan fingerprint density at radius 2 is 1.65 bits per heavy atom. The van der Waals surface area contributed by atoms with Crippen LogP contribution >= 0.6 is 0 Å². The van der Waals surface area contributed by atoms with Crippen molar-refractivity contribution in [2.75, 3.05) is 12.4 Å². The molecule has 0 amide bonds. The normalized spacial score (nSPS) is 13.2. The number of imidazole rings is 1. The lowest BCUT2D eigenvalue weighted by molar-refractivity contribution is -0.255. The van der Waals surface area contributed by atoms with Gasteiger partial charge in [0.1, 0.15) is 11.6 Å². The molecule has 0 aromatic carbocycles. The Morgan fingerprint density at radius 1 is 1.05 bits per heavy atom. The van der Waals surface area contributed by atoms with Gasteiger partial charge in [-0.2, -0.15) is 26.3 Å². The Hall–Kier alpha value is -2.00. The lowest BCUT2D eigenvalue weighted by Crippen LogP contribution is -2.34. The number of hydrogen-bond donors (Lipinski definition) is 2. The van der Waals surface area contributed by atoms with E-state index < -0.39 is 24.1 Å². The van der Waals surface area contributed by atoms with E-state index in [2.05, 4.69) is 15.3 Å². The Bertz CT molecular complexity index is 600. The summed E-state index contributed by atoms with van der Waals surface area (Å²) in [5, 5.41) is 2.61. The number of halogens is 6. The minimum Gasteiger partial charge on any atom is -0.373 e. The summed E-state index contributed by atoms with van der Waals surface area (Å²) in [5.74, 6) is -4.60. The van der Waals surface area contributed by atoms with E-state index in [4.69, 9.17) is 0 Å². The molecule has 0 unspecified atom stereocenters. The van der Waals surface area contributed by atoms with Crippen molar-refractivity contribution in [3.8, 4) is 0 Å². The number of H-pyrrole nitrogens is 1. The predicted octanol–water partition coefficient (Wildman–Crippen LogP) is 3.21. The summed E-state index contributed by atoms with van der Waals surface area (Å²) in [6, 6.07) is 2.70. The molecule has 2 rings (SSSR count). The number of aromatic amines is 1. The van der Waals surface area contributed by atoms with E-state index >= 15 is 0 Å². The molecule has 0 saturated carbocycles. The minimum atomic E-state index is -5.49. The molecule has 2 N–H and O–H groups in total. The number of anilines is 1. The standard InChI is InChI=1S/C10H8F6N4/c1-17-5-3-2-4-7(19-5)20-8(18-4)6(9(11,12)13)10(14,15)16/h2-3,6H,1H3,(H2,17,18,19,20). The molecule has 0 atom stereocenters. The van der Waals surface area contributed by atoms with Gasteiger partial charge in [0.15, 0.2) is 5.65 Å². The number of hydrogen-bond acceptors (Lipinski definition) is 3. The van der Waals surface area contributed by atoms with Gasteiger partial charge in [0.25, 0.3) is 0 Å². The van der Waals surface area contributed by atoms with Crippen molar-refractivity contribution in [3.63, 3.8) is 0 Å². The van der Waals surface area contributed by atoms with E-state index in [0.717, 1.165) is 0 Å². The summed E-state index contributed by atoms with van der Waals surface area (Å²) >= 11 is 0. The van der Waals surface area contributed by atoms with Gasteiger partial charge in [-0.15, -0.1) is 0 Å². The zero-order valence-electron chi connectivity index (χ0n) is 9.89. The number of alkyl halides is 6. The molecule has 2 aromatic heterocycles. The lowest BCUT2D eigenvalue weighted by Gasteiger charge is -2.20. The maximum Gasteiger partial charge on any atom is 0.407 e. The summed E-state index contributed by atoms with van der Waals surface area (Å²) in [6.45, 7) is 0. The largest absolute Gasteiger partial charge is 0.407 e. The van der Waals surface area contributed by atoms with Crippen LogP contribution < -0.4 is 5.32 Å². The highest BCUT2D eigenvalue weighted by molar-refractivity contribution is 5.73. The van der Waals surface area contributed by atoms with Crippen LogP contribution in [0, 0.1) is 0 Å². The van der Waals surface area contributed by atoms with Gasteiger partial charge in [-0.1, -0.05) is 0 Å². The van der Waals surface area contributed by atoms with E-state index in [-0.39, 0.29) is 17.0 Å². The van der Waals surface area contributed by atoms with Crippen LogP contribution in [-0.4, -0.2) is 34.4 Å². The average Bonchev–Trinajstić information content (AvgIpc) is 2.65. The third-order valence-electron chi connectivity index (χ3n) is 2.55. The molecule has 0 radical (unpaired) electrons. The molecule has 0 saturated heterocycles. The highest BCUT2D eigenvalue weighted by atomic mass is 19.4. The molecule has 0 aliphatic heterocycles. The van der Waals surface area contributed by atoms with Crippen molar-refractivity contribution in [1.82, 2.24) is 15.0 Å². The molecular formula is C10H8F6N4. The van der Waals surface area contributed by atoms with E-state index in [1.807, 2.05) is 4.98 Å². The number of aromatic nitrogens is 3. The van der Waals surface area contributed by atoms with Crippen LogP contribution in [0.3, 0.4) is 0 Å². The molecule has 0 aliphatic carbocycles. The molecule has 2 heterocycles. The van der Waals surface area contributed by atoms with Crippen molar-refractivity contribution >= 4 is 17.0 Å². The fourth-order valence-corrected chi connectivity index (χ4v) is 1.68. The minimum absolute atomic E-state index is 0.00231.